The number of nitrogens with two attached hydrogens (primary N) is 1. The van der Waals surface area contributed by atoms with E-state index in [1.54, 1.807) is 19.2 Å². The van der Waals surface area contributed by atoms with Crippen LogP contribution >= 0.6 is 0 Å². The van der Waals surface area contributed by atoms with Gasteiger partial charge < -0.3 is 20.3 Å². The van der Waals surface area contributed by atoms with Gasteiger partial charge in [0.15, 0.2) is 11.5 Å². The van der Waals surface area contributed by atoms with E-state index in [2.05, 4.69) is 0 Å². The van der Waals surface area contributed by atoms with Crippen molar-refractivity contribution in [2.45, 2.75) is 24.8 Å². The average molecular weight is 223 g/mol. The van der Waals surface area contributed by atoms with E-state index < -0.39 is 0 Å². The maximum absolute atomic E-state index is 9.66. The van der Waals surface area contributed by atoms with Gasteiger partial charge in [0.1, 0.15) is 5.75 Å². The third kappa shape index (κ3) is 1.59. The van der Waals surface area contributed by atoms with Gasteiger partial charge >= 0.3 is 0 Å². The molecule has 0 bridgehead atoms. The topological polar surface area (TPSA) is 64.7 Å². The van der Waals surface area contributed by atoms with Gasteiger partial charge in [-0.05, 0) is 25.3 Å². The Kier molecular flexibility index (Phi) is 2.68. The second-order valence-electron chi connectivity index (χ2n) is 4.23. The van der Waals surface area contributed by atoms with Crippen molar-refractivity contribution in [3.8, 4) is 17.2 Å². The number of methoxy groups -OCH3 is 2. The third-order valence-corrected chi connectivity index (χ3v) is 3.28. The summed E-state index contributed by atoms with van der Waals surface area (Å²) in [4.78, 5) is 0. The molecule has 0 spiro atoms. The highest BCUT2D eigenvalue weighted by atomic mass is 16.5. The van der Waals surface area contributed by atoms with Crippen LogP contribution in [0.25, 0.3) is 0 Å². The number of phenols is 1. The van der Waals surface area contributed by atoms with Crippen LogP contribution < -0.4 is 15.2 Å². The summed E-state index contributed by atoms with van der Waals surface area (Å²) in [5, 5.41) is 9.66. The number of phenolic OH excluding ortho intramolecular Hbond substituents is 1. The Morgan fingerprint density at radius 2 is 1.81 bits per heavy atom. The summed E-state index contributed by atoms with van der Waals surface area (Å²) >= 11 is 0. The lowest BCUT2D eigenvalue weighted by Crippen LogP contribution is -2.43. The number of ether oxygens (including phenoxy) is 2. The first-order valence-electron chi connectivity index (χ1n) is 5.35. The van der Waals surface area contributed by atoms with Crippen LogP contribution in [0.3, 0.4) is 0 Å². The van der Waals surface area contributed by atoms with E-state index in [1.165, 1.54) is 7.11 Å². The fourth-order valence-corrected chi connectivity index (χ4v) is 2.10. The molecule has 1 aromatic rings. The molecular formula is C12H17NO3. The van der Waals surface area contributed by atoms with Crippen LogP contribution in [0.2, 0.25) is 0 Å². The van der Waals surface area contributed by atoms with Crippen molar-refractivity contribution >= 4 is 0 Å². The van der Waals surface area contributed by atoms with Crippen LogP contribution in [0.4, 0.5) is 0 Å². The molecule has 1 saturated carbocycles. The summed E-state index contributed by atoms with van der Waals surface area (Å²) < 4.78 is 10.3. The van der Waals surface area contributed by atoms with Crippen LogP contribution in [-0.2, 0) is 5.54 Å². The fourth-order valence-electron chi connectivity index (χ4n) is 2.10. The molecule has 88 valence electrons. The monoisotopic (exact) mass is 223 g/mol. The highest BCUT2D eigenvalue weighted by molar-refractivity contribution is 5.52. The number of benzene rings is 1. The van der Waals surface area contributed by atoms with Crippen molar-refractivity contribution in [1.29, 1.82) is 0 Å². The van der Waals surface area contributed by atoms with Gasteiger partial charge in [-0.1, -0.05) is 0 Å². The Balaban J connectivity index is 2.49. The average Bonchev–Trinajstić information content (AvgIpc) is 2.25. The zero-order chi connectivity index (χ0) is 11.8. The maximum Gasteiger partial charge on any atom is 0.161 e. The molecule has 0 heterocycles. The van der Waals surface area contributed by atoms with E-state index in [4.69, 9.17) is 15.2 Å². The first-order chi connectivity index (χ1) is 7.60. The lowest BCUT2D eigenvalue weighted by atomic mass is 9.72. The first-order valence-corrected chi connectivity index (χ1v) is 5.35. The van der Waals surface area contributed by atoms with E-state index in [0.717, 1.165) is 24.8 Å². The molecule has 4 heteroatoms. The Bertz CT molecular complexity index is 399. The van der Waals surface area contributed by atoms with Crippen LogP contribution in [0.15, 0.2) is 12.1 Å². The lowest BCUT2D eigenvalue weighted by molar-refractivity contribution is 0.242. The molecule has 0 amide bonds. The van der Waals surface area contributed by atoms with Gasteiger partial charge in [0.25, 0.3) is 0 Å². The minimum absolute atomic E-state index is 0.0750. The molecular weight excluding hydrogens is 206 g/mol. The van der Waals surface area contributed by atoms with E-state index in [1.807, 2.05) is 0 Å². The predicted octanol–water partition coefficient (Wildman–Crippen LogP) is 1.75. The molecule has 4 nitrogen and oxygen atoms in total. The van der Waals surface area contributed by atoms with Crippen molar-refractivity contribution in [2.75, 3.05) is 14.2 Å². The summed E-state index contributed by atoms with van der Waals surface area (Å²) in [6.07, 6.45) is 3.01. The van der Waals surface area contributed by atoms with E-state index in [9.17, 15) is 5.11 Å². The van der Waals surface area contributed by atoms with Crippen molar-refractivity contribution < 1.29 is 14.6 Å². The van der Waals surface area contributed by atoms with Gasteiger partial charge in [-0.2, -0.15) is 0 Å². The Labute approximate surface area is 95.0 Å². The van der Waals surface area contributed by atoms with Crippen LogP contribution in [0.1, 0.15) is 24.8 Å². The van der Waals surface area contributed by atoms with Gasteiger partial charge in [0, 0.05) is 17.2 Å². The lowest BCUT2D eigenvalue weighted by Gasteiger charge is -2.39. The second-order valence-corrected chi connectivity index (χ2v) is 4.23. The van der Waals surface area contributed by atoms with Crippen LogP contribution in [0.5, 0.6) is 17.2 Å². The smallest absolute Gasteiger partial charge is 0.161 e. The minimum Gasteiger partial charge on any atom is -0.504 e. The van der Waals surface area contributed by atoms with Crippen LogP contribution in [0, 0.1) is 0 Å². The third-order valence-electron chi connectivity index (χ3n) is 3.28. The van der Waals surface area contributed by atoms with Crippen molar-refractivity contribution in [3.63, 3.8) is 0 Å². The molecule has 0 radical (unpaired) electrons. The molecule has 1 aliphatic rings. The molecule has 2 rings (SSSR count). The van der Waals surface area contributed by atoms with Gasteiger partial charge in [0.2, 0.25) is 0 Å². The molecule has 3 N–H and O–H groups in total. The molecule has 0 aliphatic heterocycles. The molecule has 0 unspecified atom stereocenters. The van der Waals surface area contributed by atoms with Crippen molar-refractivity contribution in [1.82, 2.24) is 0 Å². The Morgan fingerprint density at radius 1 is 1.19 bits per heavy atom. The second kappa shape index (κ2) is 3.87. The standard InChI is InChI=1S/C12H17NO3/c1-15-10-7-9(14)11(16-2)6-8(10)12(13)4-3-5-12/h6-7,14H,3-5,13H2,1-2H3. The zero-order valence-electron chi connectivity index (χ0n) is 9.62. The first kappa shape index (κ1) is 11.1. The minimum atomic E-state index is -0.327. The fraction of sp³-hybridized carbons (Fsp3) is 0.500. The zero-order valence-corrected chi connectivity index (χ0v) is 9.62. The summed E-state index contributed by atoms with van der Waals surface area (Å²) in [6, 6.07) is 3.33. The van der Waals surface area contributed by atoms with Crippen LogP contribution in [-0.4, -0.2) is 19.3 Å². The Morgan fingerprint density at radius 3 is 2.25 bits per heavy atom. The molecule has 0 atom stereocenters. The normalized spacial score (nSPS) is 17.7. The summed E-state index contributed by atoms with van der Waals surface area (Å²) in [5.41, 5.74) is 6.84. The quantitative estimate of drug-likeness (QED) is 0.819. The van der Waals surface area contributed by atoms with E-state index >= 15 is 0 Å². The molecule has 16 heavy (non-hydrogen) atoms. The Hall–Kier alpha value is -1.42. The summed E-state index contributed by atoms with van der Waals surface area (Å²) in [6.45, 7) is 0. The van der Waals surface area contributed by atoms with Gasteiger partial charge in [-0.25, -0.2) is 0 Å². The maximum atomic E-state index is 9.66. The number of aromatic hydroxyl groups is 1. The molecule has 1 aromatic carbocycles. The summed E-state index contributed by atoms with van der Waals surface area (Å²) in [5.74, 6) is 1.14. The van der Waals surface area contributed by atoms with Gasteiger partial charge in [0.05, 0.1) is 14.2 Å². The van der Waals surface area contributed by atoms with Gasteiger partial charge in [-0.3, -0.25) is 0 Å². The number of rotatable bonds is 3. The molecule has 1 fully saturated rings. The van der Waals surface area contributed by atoms with E-state index in [-0.39, 0.29) is 11.3 Å². The van der Waals surface area contributed by atoms with Crippen molar-refractivity contribution in [2.24, 2.45) is 5.73 Å². The molecule has 1 aliphatic carbocycles. The highest BCUT2D eigenvalue weighted by Gasteiger charge is 2.37. The van der Waals surface area contributed by atoms with Crippen molar-refractivity contribution in [3.05, 3.63) is 17.7 Å². The molecule has 0 saturated heterocycles. The number of hydrogen-bond acceptors (Lipinski definition) is 4. The van der Waals surface area contributed by atoms with E-state index in [0.29, 0.717) is 11.5 Å². The highest BCUT2D eigenvalue weighted by Crippen LogP contribution is 2.46. The van der Waals surface area contributed by atoms with Gasteiger partial charge in [-0.15, -0.1) is 0 Å². The summed E-state index contributed by atoms with van der Waals surface area (Å²) in [7, 11) is 3.10. The largest absolute Gasteiger partial charge is 0.504 e. The number of hydrogen-bond donors (Lipinski definition) is 2. The molecule has 0 aromatic heterocycles. The SMILES string of the molecule is COc1cc(C2(N)CCC2)c(OC)cc1O. The predicted molar refractivity (Wildman–Crippen MR) is 60.9 cm³/mol.